The lowest BCUT2D eigenvalue weighted by Crippen LogP contribution is -2.15. The number of hydrogen-bond acceptors (Lipinski definition) is 3. The standard InChI is InChI=1S/C22H17F3N2O/c23-22(24,25)15-7-5-6-14(12-15)19-13-20(16-8-1-4-11-21(16)28)27-18-10-3-2-9-17(18)26-19/h1-12,19,26,28H,13H2/t19-/m0/s1. The Balaban J connectivity index is 1.81. The number of phenolic OH excluding ortho intramolecular Hbond substituents is 1. The highest BCUT2D eigenvalue weighted by molar-refractivity contribution is 6.05. The van der Waals surface area contributed by atoms with Gasteiger partial charge in [-0.3, -0.25) is 4.99 Å². The molecule has 4 rings (SSSR count). The maximum absolute atomic E-state index is 13.2. The fourth-order valence-electron chi connectivity index (χ4n) is 3.34. The summed E-state index contributed by atoms with van der Waals surface area (Å²) in [5.41, 5.74) is 2.40. The summed E-state index contributed by atoms with van der Waals surface area (Å²) in [6, 6.07) is 19.1. The molecule has 2 N–H and O–H groups in total. The van der Waals surface area contributed by atoms with Crippen LogP contribution in [0.25, 0.3) is 0 Å². The molecule has 1 aliphatic rings. The fourth-order valence-corrected chi connectivity index (χ4v) is 3.34. The van der Waals surface area contributed by atoms with E-state index in [2.05, 4.69) is 10.3 Å². The van der Waals surface area contributed by atoms with Gasteiger partial charge in [0, 0.05) is 12.0 Å². The molecule has 0 radical (unpaired) electrons. The molecule has 3 aromatic rings. The van der Waals surface area contributed by atoms with Crippen LogP contribution in [0, 0.1) is 0 Å². The second-order valence-electron chi connectivity index (χ2n) is 6.62. The van der Waals surface area contributed by atoms with E-state index in [4.69, 9.17) is 0 Å². The van der Waals surface area contributed by atoms with Crippen LogP contribution in [0.15, 0.2) is 77.8 Å². The Hall–Kier alpha value is -3.28. The van der Waals surface area contributed by atoms with E-state index in [0.29, 0.717) is 28.9 Å². The van der Waals surface area contributed by atoms with Crippen LogP contribution in [0.3, 0.4) is 0 Å². The molecule has 0 fully saturated rings. The van der Waals surface area contributed by atoms with Gasteiger partial charge in [-0.2, -0.15) is 13.2 Å². The summed E-state index contributed by atoms with van der Waals surface area (Å²) in [5, 5.41) is 13.6. The topological polar surface area (TPSA) is 44.6 Å². The molecule has 0 saturated carbocycles. The van der Waals surface area contributed by atoms with Gasteiger partial charge in [-0.25, -0.2) is 0 Å². The second-order valence-corrected chi connectivity index (χ2v) is 6.62. The van der Waals surface area contributed by atoms with Gasteiger partial charge in [0.15, 0.2) is 0 Å². The number of nitrogens with one attached hydrogen (secondary N) is 1. The van der Waals surface area contributed by atoms with E-state index in [0.717, 1.165) is 17.8 Å². The summed E-state index contributed by atoms with van der Waals surface area (Å²) in [6.07, 6.45) is -4.08. The number of fused-ring (bicyclic) bond motifs is 1. The molecule has 0 unspecified atom stereocenters. The second kappa shape index (κ2) is 7.03. The minimum atomic E-state index is -4.41. The lowest BCUT2D eigenvalue weighted by atomic mass is 9.95. The van der Waals surface area contributed by atoms with Gasteiger partial charge in [0.05, 0.1) is 28.7 Å². The van der Waals surface area contributed by atoms with E-state index < -0.39 is 17.8 Å². The Labute approximate surface area is 160 Å². The van der Waals surface area contributed by atoms with Crippen molar-refractivity contribution in [2.24, 2.45) is 4.99 Å². The zero-order valence-electron chi connectivity index (χ0n) is 14.7. The summed E-state index contributed by atoms with van der Waals surface area (Å²) < 4.78 is 39.5. The first-order valence-corrected chi connectivity index (χ1v) is 8.80. The summed E-state index contributed by atoms with van der Waals surface area (Å²) in [5.74, 6) is 0.0865. The first-order valence-electron chi connectivity index (χ1n) is 8.80. The van der Waals surface area contributed by atoms with E-state index in [1.54, 1.807) is 30.3 Å². The Morgan fingerprint density at radius 2 is 1.68 bits per heavy atom. The highest BCUT2D eigenvalue weighted by Gasteiger charge is 2.31. The van der Waals surface area contributed by atoms with Gasteiger partial charge in [-0.1, -0.05) is 36.4 Å². The smallest absolute Gasteiger partial charge is 0.416 e. The van der Waals surface area contributed by atoms with E-state index >= 15 is 0 Å². The van der Waals surface area contributed by atoms with Crippen LogP contribution >= 0.6 is 0 Å². The maximum atomic E-state index is 13.2. The molecule has 0 saturated heterocycles. The molecule has 0 aliphatic carbocycles. The number of benzene rings is 3. The third-order valence-corrected chi connectivity index (χ3v) is 4.72. The summed E-state index contributed by atoms with van der Waals surface area (Å²) in [6.45, 7) is 0. The monoisotopic (exact) mass is 382 g/mol. The van der Waals surface area contributed by atoms with E-state index in [1.807, 2.05) is 24.3 Å². The van der Waals surface area contributed by atoms with Gasteiger partial charge in [0.2, 0.25) is 0 Å². The number of rotatable bonds is 2. The third-order valence-electron chi connectivity index (χ3n) is 4.72. The molecular formula is C22H17F3N2O. The molecule has 1 aliphatic heterocycles. The molecule has 0 bridgehead atoms. The predicted molar refractivity (Wildman–Crippen MR) is 103 cm³/mol. The van der Waals surface area contributed by atoms with Crippen LogP contribution in [-0.2, 0) is 6.18 Å². The highest BCUT2D eigenvalue weighted by atomic mass is 19.4. The quantitative estimate of drug-likeness (QED) is 0.563. The molecule has 28 heavy (non-hydrogen) atoms. The maximum Gasteiger partial charge on any atom is 0.416 e. The van der Waals surface area contributed by atoms with Gasteiger partial charge in [-0.05, 0) is 42.0 Å². The first-order chi connectivity index (χ1) is 13.4. The predicted octanol–water partition coefficient (Wildman–Crippen LogP) is 6.09. The van der Waals surface area contributed by atoms with Gasteiger partial charge in [0.1, 0.15) is 5.75 Å². The van der Waals surface area contributed by atoms with Gasteiger partial charge in [0.25, 0.3) is 0 Å². The van der Waals surface area contributed by atoms with Crippen LogP contribution < -0.4 is 5.32 Å². The number of halogens is 3. The molecular weight excluding hydrogens is 365 g/mol. The van der Waals surface area contributed by atoms with Crippen molar-refractivity contribution < 1.29 is 18.3 Å². The lowest BCUT2D eigenvalue weighted by molar-refractivity contribution is -0.137. The highest BCUT2D eigenvalue weighted by Crippen LogP contribution is 2.38. The lowest BCUT2D eigenvalue weighted by Gasteiger charge is -2.20. The molecule has 1 heterocycles. The zero-order valence-corrected chi connectivity index (χ0v) is 14.7. The largest absolute Gasteiger partial charge is 0.507 e. The number of aromatic hydroxyl groups is 1. The molecule has 1 atom stereocenters. The van der Waals surface area contributed by atoms with E-state index in [9.17, 15) is 18.3 Å². The number of aliphatic imine (C=N–C) groups is 1. The minimum absolute atomic E-state index is 0.0865. The minimum Gasteiger partial charge on any atom is -0.507 e. The SMILES string of the molecule is Oc1ccccc1C1=Nc2ccccc2N[C@H](c2cccc(C(F)(F)F)c2)C1. The van der Waals surface area contributed by atoms with Crippen molar-refractivity contribution >= 4 is 17.1 Å². The van der Waals surface area contributed by atoms with Crippen molar-refractivity contribution in [3.63, 3.8) is 0 Å². The van der Waals surface area contributed by atoms with Crippen LogP contribution in [0.5, 0.6) is 5.75 Å². The van der Waals surface area contributed by atoms with Crippen molar-refractivity contribution in [2.75, 3.05) is 5.32 Å². The van der Waals surface area contributed by atoms with Gasteiger partial charge < -0.3 is 10.4 Å². The Kier molecular flexibility index (Phi) is 4.55. The third kappa shape index (κ3) is 3.58. The molecule has 0 aromatic heterocycles. The summed E-state index contributed by atoms with van der Waals surface area (Å²) in [4.78, 5) is 4.69. The van der Waals surface area contributed by atoms with Crippen molar-refractivity contribution in [1.29, 1.82) is 0 Å². The molecule has 6 heteroatoms. The molecule has 142 valence electrons. The molecule has 0 amide bonds. The summed E-state index contributed by atoms with van der Waals surface area (Å²) >= 11 is 0. The number of phenols is 1. The fraction of sp³-hybridized carbons (Fsp3) is 0.136. The number of para-hydroxylation sites is 3. The molecule has 3 nitrogen and oxygen atoms in total. The van der Waals surface area contributed by atoms with Gasteiger partial charge in [-0.15, -0.1) is 0 Å². The molecule has 0 spiro atoms. The summed E-state index contributed by atoms with van der Waals surface area (Å²) in [7, 11) is 0. The van der Waals surface area contributed by atoms with Gasteiger partial charge >= 0.3 is 6.18 Å². The van der Waals surface area contributed by atoms with Crippen LogP contribution in [0.4, 0.5) is 24.5 Å². The van der Waals surface area contributed by atoms with Crippen LogP contribution in [0.2, 0.25) is 0 Å². The van der Waals surface area contributed by atoms with Crippen molar-refractivity contribution in [2.45, 2.75) is 18.6 Å². The number of anilines is 1. The van der Waals surface area contributed by atoms with Crippen molar-refractivity contribution in [3.05, 3.63) is 89.5 Å². The Bertz CT molecular complexity index is 1040. The number of nitrogens with zero attached hydrogens (tertiary/aromatic N) is 1. The van der Waals surface area contributed by atoms with Crippen molar-refractivity contribution in [1.82, 2.24) is 0 Å². The number of alkyl halides is 3. The Morgan fingerprint density at radius 1 is 0.929 bits per heavy atom. The van der Waals surface area contributed by atoms with Crippen molar-refractivity contribution in [3.8, 4) is 5.75 Å². The normalized spacial score (nSPS) is 16.5. The van der Waals surface area contributed by atoms with E-state index in [1.165, 1.54) is 6.07 Å². The number of hydrogen-bond donors (Lipinski definition) is 2. The Morgan fingerprint density at radius 3 is 2.46 bits per heavy atom. The van der Waals surface area contributed by atoms with Crippen LogP contribution in [0.1, 0.15) is 29.2 Å². The van der Waals surface area contributed by atoms with E-state index in [-0.39, 0.29) is 5.75 Å². The zero-order chi connectivity index (χ0) is 19.7. The van der Waals surface area contributed by atoms with Crippen LogP contribution in [-0.4, -0.2) is 10.8 Å². The average molecular weight is 382 g/mol. The molecule has 3 aromatic carbocycles. The first kappa shape index (κ1) is 18.1. The average Bonchev–Trinajstić information content (AvgIpc) is 2.87.